The number of thiocarbonyl (C=S) groups is 1. The number of nitrogens with zero attached hydrogens (tertiary/aromatic N) is 4. The second-order valence-electron chi connectivity index (χ2n) is 7.37. The molecule has 5 rings (SSSR count). The summed E-state index contributed by atoms with van der Waals surface area (Å²) in [6.45, 7) is 0. The summed E-state index contributed by atoms with van der Waals surface area (Å²) in [6, 6.07) is 24.7. The van der Waals surface area contributed by atoms with Gasteiger partial charge in [0.25, 0.3) is 0 Å². The molecule has 166 valence electrons. The van der Waals surface area contributed by atoms with Crippen molar-refractivity contribution in [2.45, 2.75) is 0 Å². The molecule has 7 nitrogen and oxygen atoms in total. The van der Waals surface area contributed by atoms with Crippen molar-refractivity contribution in [1.29, 1.82) is 0 Å². The number of benzene rings is 2. The van der Waals surface area contributed by atoms with Gasteiger partial charge in [-0.1, -0.05) is 18.2 Å². The molecule has 0 spiro atoms. The van der Waals surface area contributed by atoms with Crippen molar-refractivity contribution in [2.75, 3.05) is 17.7 Å². The van der Waals surface area contributed by atoms with Gasteiger partial charge in [-0.2, -0.15) is 0 Å². The fraction of sp³-hybridized carbons (Fsp3) is 0.0385. The van der Waals surface area contributed by atoms with E-state index >= 15 is 0 Å². The lowest BCUT2D eigenvalue weighted by Crippen LogP contribution is -2.19. The van der Waals surface area contributed by atoms with E-state index in [1.807, 2.05) is 78.9 Å². The molecule has 3 heterocycles. The molecule has 0 unspecified atom stereocenters. The predicted octanol–water partition coefficient (Wildman–Crippen LogP) is 5.57. The molecule has 0 saturated heterocycles. The molecule has 2 N–H and O–H groups in total. The third kappa shape index (κ3) is 4.67. The van der Waals surface area contributed by atoms with E-state index in [2.05, 4.69) is 20.6 Å². The summed E-state index contributed by atoms with van der Waals surface area (Å²) in [5, 5.41) is 6.83. The third-order valence-electron chi connectivity index (χ3n) is 5.06. The molecule has 0 bridgehead atoms. The lowest BCUT2D eigenvalue weighted by molar-refractivity contribution is 0.415. The summed E-state index contributed by atoms with van der Waals surface area (Å²) in [7, 11) is 1.63. The lowest BCUT2D eigenvalue weighted by Gasteiger charge is -2.13. The van der Waals surface area contributed by atoms with Gasteiger partial charge in [-0.3, -0.25) is 9.97 Å². The SMILES string of the molecule is COc1cccc(NC(=S)Nc2ccc3nc(-c4ccccn4)c(-c4ccccn4)nc3c2)c1. The number of pyridine rings is 2. The van der Waals surface area contributed by atoms with E-state index in [9.17, 15) is 0 Å². The Labute approximate surface area is 201 Å². The Morgan fingerprint density at radius 2 is 1.35 bits per heavy atom. The Morgan fingerprint density at radius 1 is 0.706 bits per heavy atom. The summed E-state index contributed by atoms with van der Waals surface area (Å²) in [5.74, 6) is 0.750. The van der Waals surface area contributed by atoms with Crippen LogP contribution in [0.15, 0.2) is 91.3 Å². The quantitative estimate of drug-likeness (QED) is 0.327. The van der Waals surface area contributed by atoms with E-state index in [1.165, 1.54) is 0 Å². The van der Waals surface area contributed by atoms with Crippen molar-refractivity contribution in [3.63, 3.8) is 0 Å². The zero-order chi connectivity index (χ0) is 23.3. The van der Waals surface area contributed by atoms with Crippen LogP contribution >= 0.6 is 12.2 Å². The first-order chi connectivity index (χ1) is 16.7. The molecule has 0 atom stereocenters. The Morgan fingerprint density at radius 3 is 1.97 bits per heavy atom. The average Bonchev–Trinajstić information content (AvgIpc) is 2.89. The van der Waals surface area contributed by atoms with Crippen LogP contribution in [0.1, 0.15) is 0 Å². The van der Waals surface area contributed by atoms with Gasteiger partial charge in [0, 0.05) is 29.8 Å². The Hall–Kier alpha value is -4.43. The fourth-order valence-electron chi connectivity index (χ4n) is 3.49. The zero-order valence-corrected chi connectivity index (χ0v) is 19.1. The van der Waals surface area contributed by atoms with Crippen LogP contribution in [0.4, 0.5) is 11.4 Å². The van der Waals surface area contributed by atoms with Gasteiger partial charge in [0.2, 0.25) is 0 Å². The minimum absolute atomic E-state index is 0.454. The van der Waals surface area contributed by atoms with Gasteiger partial charge in [-0.25, -0.2) is 9.97 Å². The Kier molecular flexibility index (Phi) is 6.05. The van der Waals surface area contributed by atoms with Crippen LogP contribution in [0.2, 0.25) is 0 Å². The van der Waals surface area contributed by atoms with Crippen LogP contribution in [-0.2, 0) is 0 Å². The maximum Gasteiger partial charge on any atom is 0.175 e. The number of hydrogen-bond acceptors (Lipinski definition) is 6. The summed E-state index contributed by atoms with van der Waals surface area (Å²) in [6.07, 6.45) is 3.48. The van der Waals surface area contributed by atoms with E-state index in [4.69, 9.17) is 26.9 Å². The molecule has 0 aliphatic heterocycles. The van der Waals surface area contributed by atoms with Crippen molar-refractivity contribution in [3.05, 3.63) is 91.3 Å². The average molecular weight is 465 g/mol. The number of aromatic nitrogens is 4. The van der Waals surface area contributed by atoms with Gasteiger partial charge >= 0.3 is 0 Å². The van der Waals surface area contributed by atoms with Crippen molar-refractivity contribution in [1.82, 2.24) is 19.9 Å². The van der Waals surface area contributed by atoms with Gasteiger partial charge < -0.3 is 15.4 Å². The summed E-state index contributed by atoms with van der Waals surface area (Å²) >= 11 is 5.49. The first-order valence-electron chi connectivity index (χ1n) is 10.6. The Bertz CT molecular complexity index is 1460. The first kappa shape index (κ1) is 21.4. The summed E-state index contributed by atoms with van der Waals surface area (Å²) < 4.78 is 5.26. The highest BCUT2D eigenvalue weighted by Gasteiger charge is 2.15. The normalized spacial score (nSPS) is 10.6. The van der Waals surface area contributed by atoms with Crippen molar-refractivity contribution in [2.24, 2.45) is 0 Å². The first-order valence-corrected chi connectivity index (χ1v) is 11.0. The fourth-order valence-corrected chi connectivity index (χ4v) is 3.72. The van der Waals surface area contributed by atoms with Crippen molar-refractivity contribution in [3.8, 4) is 28.5 Å². The smallest absolute Gasteiger partial charge is 0.175 e. The highest BCUT2D eigenvalue weighted by molar-refractivity contribution is 7.80. The third-order valence-corrected chi connectivity index (χ3v) is 5.27. The van der Waals surface area contributed by atoms with Crippen LogP contribution in [0.3, 0.4) is 0 Å². The van der Waals surface area contributed by atoms with Crippen LogP contribution in [0.5, 0.6) is 5.75 Å². The van der Waals surface area contributed by atoms with E-state index in [0.717, 1.165) is 39.5 Å². The molecule has 0 fully saturated rings. The van der Waals surface area contributed by atoms with E-state index < -0.39 is 0 Å². The standard InChI is InChI=1S/C26H20N6OS/c1-33-19-8-6-7-17(15-19)29-26(34)30-18-11-12-20-23(16-18)32-25(22-10-3-5-14-28-22)24(31-20)21-9-2-4-13-27-21/h2-16H,1H3,(H2,29,30,34). The van der Waals surface area contributed by atoms with E-state index in [0.29, 0.717) is 16.5 Å². The molecule has 5 aromatic rings. The lowest BCUT2D eigenvalue weighted by atomic mass is 10.1. The van der Waals surface area contributed by atoms with Gasteiger partial charge in [-0.05, 0) is 66.8 Å². The van der Waals surface area contributed by atoms with Gasteiger partial charge in [0.05, 0.1) is 29.5 Å². The Balaban J connectivity index is 1.48. The number of methoxy groups -OCH3 is 1. The number of ether oxygens (including phenoxy) is 1. The van der Waals surface area contributed by atoms with Gasteiger partial charge in [-0.15, -0.1) is 0 Å². The summed E-state index contributed by atoms with van der Waals surface area (Å²) in [4.78, 5) is 18.7. The molecular formula is C26H20N6OS. The zero-order valence-electron chi connectivity index (χ0n) is 18.3. The number of fused-ring (bicyclic) bond motifs is 1. The molecular weight excluding hydrogens is 444 g/mol. The molecule has 0 aliphatic carbocycles. The molecule has 0 aliphatic rings. The monoisotopic (exact) mass is 464 g/mol. The van der Waals surface area contributed by atoms with E-state index in [-0.39, 0.29) is 0 Å². The second-order valence-corrected chi connectivity index (χ2v) is 7.77. The van der Waals surface area contributed by atoms with Gasteiger partial charge in [0.1, 0.15) is 17.1 Å². The molecule has 34 heavy (non-hydrogen) atoms. The maximum absolute atomic E-state index is 5.49. The van der Waals surface area contributed by atoms with Crippen molar-refractivity contribution >= 4 is 39.7 Å². The highest BCUT2D eigenvalue weighted by Crippen LogP contribution is 2.29. The number of nitrogens with one attached hydrogen (secondary N) is 2. The number of rotatable bonds is 5. The van der Waals surface area contributed by atoms with Crippen LogP contribution in [0, 0.1) is 0 Å². The largest absolute Gasteiger partial charge is 0.497 e. The maximum atomic E-state index is 5.49. The molecule has 0 amide bonds. The topological polar surface area (TPSA) is 84.9 Å². The van der Waals surface area contributed by atoms with Crippen LogP contribution in [-0.4, -0.2) is 32.2 Å². The second kappa shape index (κ2) is 9.60. The molecule has 8 heteroatoms. The van der Waals surface area contributed by atoms with Gasteiger partial charge in [0.15, 0.2) is 5.11 Å². The number of anilines is 2. The van der Waals surface area contributed by atoms with E-state index in [1.54, 1.807) is 19.5 Å². The molecule has 0 saturated carbocycles. The predicted molar refractivity (Wildman–Crippen MR) is 139 cm³/mol. The minimum atomic E-state index is 0.454. The minimum Gasteiger partial charge on any atom is -0.497 e. The van der Waals surface area contributed by atoms with Crippen LogP contribution in [0.25, 0.3) is 33.8 Å². The number of hydrogen-bond donors (Lipinski definition) is 2. The highest BCUT2D eigenvalue weighted by atomic mass is 32.1. The van der Waals surface area contributed by atoms with Crippen LogP contribution < -0.4 is 15.4 Å². The molecule has 0 radical (unpaired) electrons. The molecule has 3 aromatic heterocycles. The van der Waals surface area contributed by atoms with Crippen molar-refractivity contribution < 1.29 is 4.74 Å². The molecule has 2 aromatic carbocycles. The summed E-state index contributed by atoms with van der Waals surface area (Å²) in [5.41, 5.74) is 5.90.